The maximum atomic E-state index is 13.5. The van der Waals surface area contributed by atoms with Crippen molar-refractivity contribution in [2.75, 3.05) is 5.32 Å². The summed E-state index contributed by atoms with van der Waals surface area (Å²) in [5.41, 5.74) is -2.60. The van der Waals surface area contributed by atoms with E-state index in [1.807, 2.05) is 0 Å². The van der Waals surface area contributed by atoms with Gasteiger partial charge in [-0.15, -0.1) is 11.3 Å². The molecule has 158 valence electrons. The molecule has 30 heavy (non-hydrogen) atoms. The van der Waals surface area contributed by atoms with Gasteiger partial charge in [-0.25, -0.2) is 4.79 Å². The largest absolute Gasteiger partial charge is 0.418 e. The Balaban J connectivity index is 2.00. The van der Waals surface area contributed by atoms with Gasteiger partial charge in [0.2, 0.25) is 0 Å². The third-order valence-corrected chi connectivity index (χ3v) is 4.81. The Hall–Kier alpha value is -3.08. The molecule has 0 aliphatic carbocycles. The third kappa shape index (κ3) is 5.09. The first-order valence-corrected chi connectivity index (χ1v) is 9.24. The molecule has 0 saturated carbocycles. The molecule has 2 amide bonds. The SMILES string of the molecule is O=C(Nc1cccs1)NC(c1ccc(C(F)(F)F)cc1)c1ncccc1C(F)(F)F. The van der Waals surface area contributed by atoms with Crippen molar-refractivity contribution in [1.29, 1.82) is 0 Å². The van der Waals surface area contributed by atoms with E-state index >= 15 is 0 Å². The molecule has 1 unspecified atom stereocenters. The Labute approximate surface area is 170 Å². The summed E-state index contributed by atoms with van der Waals surface area (Å²) in [6.45, 7) is 0. The van der Waals surface area contributed by atoms with Crippen LogP contribution in [0.25, 0.3) is 0 Å². The van der Waals surface area contributed by atoms with Crippen molar-refractivity contribution in [3.63, 3.8) is 0 Å². The number of hydrogen-bond donors (Lipinski definition) is 2. The van der Waals surface area contributed by atoms with Gasteiger partial charge in [-0.05, 0) is 47.3 Å². The van der Waals surface area contributed by atoms with Gasteiger partial charge in [0.1, 0.15) is 0 Å². The van der Waals surface area contributed by atoms with Gasteiger partial charge in [0.05, 0.1) is 27.9 Å². The second kappa shape index (κ2) is 8.34. The van der Waals surface area contributed by atoms with Crippen molar-refractivity contribution in [3.8, 4) is 0 Å². The molecule has 2 aromatic heterocycles. The van der Waals surface area contributed by atoms with Crippen molar-refractivity contribution >= 4 is 22.4 Å². The number of halogens is 6. The van der Waals surface area contributed by atoms with Gasteiger partial charge in [-0.2, -0.15) is 26.3 Å². The van der Waals surface area contributed by atoms with Crippen LogP contribution < -0.4 is 10.6 Å². The number of nitrogens with one attached hydrogen (secondary N) is 2. The highest BCUT2D eigenvalue weighted by molar-refractivity contribution is 7.14. The van der Waals surface area contributed by atoms with Crippen LogP contribution in [0.15, 0.2) is 60.1 Å². The van der Waals surface area contributed by atoms with E-state index in [1.54, 1.807) is 17.5 Å². The van der Waals surface area contributed by atoms with Crippen LogP contribution in [0, 0.1) is 0 Å². The van der Waals surface area contributed by atoms with Crippen molar-refractivity contribution in [1.82, 2.24) is 10.3 Å². The molecule has 1 atom stereocenters. The summed E-state index contributed by atoms with van der Waals surface area (Å²) in [5.74, 6) is 0. The van der Waals surface area contributed by atoms with E-state index in [4.69, 9.17) is 0 Å². The number of nitrogens with zero attached hydrogens (tertiary/aromatic N) is 1. The average molecular weight is 445 g/mol. The summed E-state index contributed by atoms with van der Waals surface area (Å²) < 4.78 is 79.0. The zero-order valence-electron chi connectivity index (χ0n) is 14.9. The number of benzene rings is 1. The standard InChI is InChI=1S/C19H13F6N3OS/c20-18(21,22)12-7-5-11(6-8-12)15(28-17(29)27-14-4-2-10-30-14)16-13(19(23,24)25)3-1-9-26-16/h1-10,15H,(H2,27,28,29). The average Bonchev–Trinajstić information content (AvgIpc) is 3.18. The number of alkyl halides is 6. The van der Waals surface area contributed by atoms with E-state index < -0.39 is 41.2 Å². The minimum atomic E-state index is -4.78. The first-order valence-electron chi connectivity index (χ1n) is 8.36. The highest BCUT2D eigenvalue weighted by atomic mass is 32.1. The lowest BCUT2D eigenvalue weighted by atomic mass is 9.98. The molecule has 3 rings (SSSR count). The highest BCUT2D eigenvalue weighted by Crippen LogP contribution is 2.36. The zero-order chi connectivity index (χ0) is 21.9. The summed E-state index contributed by atoms with van der Waals surface area (Å²) in [6.07, 6.45) is -8.28. The number of hydrogen-bond acceptors (Lipinski definition) is 3. The second-order valence-electron chi connectivity index (χ2n) is 6.06. The predicted molar refractivity (Wildman–Crippen MR) is 99.0 cm³/mol. The van der Waals surface area contributed by atoms with Gasteiger partial charge >= 0.3 is 18.4 Å². The van der Waals surface area contributed by atoms with E-state index in [-0.39, 0.29) is 5.56 Å². The van der Waals surface area contributed by atoms with Gasteiger partial charge in [0.15, 0.2) is 0 Å². The van der Waals surface area contributed by atoms with E-state index in [1.165, 1.54) is 11.3 Å². The van der Waals surface area contributed by atoms with Gasteiger partial charge in [-0.1, -0.05) is 12.1 Å². The van der Waals surface area contributed by atoms with Crippen molar-refractivity contribution in [2.45, 2.75) is 18.4 Å². The maximum absolute atomic E-state index is 13.5. The monoisotopic (exact) mass is 445 g/mol. The van der Waals surface area contributed by atoms with Crippen molar-refractivity contribution in [2.24, 2.45) is 0 Å². The molecule has 0 aliphatic rings. The third-order valence-electron chi connectivity index (χ3n) is 4.02. The number of thiophene rings is 1. The Morgan fingerprint density at radius 1 is 0.933 bits per heavy atom. The minimum Gasteiger partial charge on any atom is -0.325 e. The smallest absolute Gasteiger partial charge is 0.325 e. The topological polar surface area (TPSA) is 54.0 Å². The van der Waals surface area contributed by atoms with Crippen LogP contribution in [0.1, 0.15) is 28.4 Å². The van der Waals surface area contributed by atoms with Crippen molar-refractivity contribution in [3.05, 3.63) is 82.5 Å². The van der Waals surface area contributed by atoms with Gasteiger partial charge in [-0.3, -0.25) is 10.3 Å². The van der Waals surface area contributed by atoms with Crippen LogP contribution in [0.3, 0.4) is 0 Å². The summed E-state index contributed by atoms with van der Waals surface area (Å²) in [6, 6.07) is 6.33. The molecule has 0 aliphatic heterocycles. The first kappa shape index (κ1) is 21.6. The lowest BCUT2D eigenvalue weighted by molar-refractivity contribution is -0.139. The Morgan fingerprint density at radius 3 is 2.20 bits per heavy atom. The lowest BCUT2D eigenvalue weighted by Gasteiger charge is -2.22. The second-order valence-corrected chi connectivity index (χ2v) is 7.01. The minimum absolute atomic E-state index is 0.00790. The molecular weight excluding hydrogens is 432 g/mol. The van der Waals surface area contributed by atoms with Crippen LogP contribution in [-0.4, -0.2) is 11.0 Å². The number of rotatable bonds is 4. The molecule has 0 bridgehead atoms. The molecular formula is C19H13F6N3OS. The van der Waals surface area contributed by atoms with Crippen LogP contribution >= 0.6 is 11.3 Å². The van der Waals surface area contributed by atoms with Crippen LogP contribution in [0.4, 0.5) is 36.1 Å². The van der Waals surface area contributed by atoms with E-state index in [0.29, 0.717) is 5.00 Å². The Kier molecular flexibility index (Phi) is 6.01. The normalized spacial score (nSPS) is 13.0. The number of anilines is 1. The summed E-state index contributed by atoms with van der Waals surface area (Å²) in [7, 11) is 0. The zero-order valence-corrected chi connectivity index (χ0v) is 15.7. The molecule has 1 aromatic carbocycles. The molecule has 11 heteroatoms. The fourth-order valence-electron chi connectivity index (χ4n) is 2.69. The number of pyridine rings is 1. The van der Waals surface area contributed by atoms with Gasteiger partial charge in [0, 0.05) is 6.20 Å². The maximum Gasteiger partial charge on any atom is 0.418 e. The van der Waals surface area contributed by atoms with Crippen LogP contribution in [0.2, 0.25) is 0 Å². The van der Waals surface area contributed by atoms with Crippen molar-refractivity contribution < 1.29 is 31.1 Å². The van der Waals surface area contributed by atoms with Crippen LogP contribution in [-0.2, 0) is 12.4 Å². The molecule has 0 spiro atoms. The number of amides is 2. The van der Waals surface area contributed by atoms with E-state index in [0.717, 1.165) is 42.6 Å². The molecule has 2 N–H and O–H groups in total. The number of urea groups is 1. The Bertz CT molecular complexity index is 1000. The molecule has 0 radical (unpaired) electrons. The quantitative estimate of drug-likeness (QED) is 0.478. The van der Waals surface area contributed by atoms with E-state index in [2.05, 4.69) is 15.6 Å². The molecule has 3 aromatic rings. The number of carbonyl (C=O) groups excluding carboxylic acids is 1. The highest BCUT2D eigenvalue weighted by Gasteiger charge is 2.37. The Morgan fingerprint density at radius 2 is 1.63 bits per heavy atom. The summed E-state index contributed by atoms with van der Waals surface area (Å²) >= 11 is 1.19. The molecule has 0 fully saturated rings. The van der Waals surface area contributed by atoms with E-state index in [9.17, 15) is 31.1 Å². The predicted octanol–water partition coefficient (Wildman–Crippen LogP) is 6.09. The number of aromatic nitrogens is 1. The van der Waals surface area contributed by atoms with Gasteiger partial charge < -0.3 is 5.32 Å². The fourth-order valence-corrected chi connectivity index (χ4v) is 3.30. The number of carbonyl (C=O) groups is 1. The molecule has 0 saturated heterocycles. The summed E-state index contributed by atoms with van der Waals surface area (Å²) in [4.78, 5) is 16.1. The lowest BCUT2D eigenvalue weighted by Crippen LogP contribution is -2.34. The fraction of sp³-hybridized carbons (Fsp3) is 0.158. The van der Waals surface area contributed by atoms with Crippen LogP contribution in [0.5, 0.6) is 0 Å². The molecule has 2 heterocycles. The van der Waals surface area contributed by atoms with Gasteiger partial charge in [0.25, 0.3) is 0 Å². The summed E-state index contributed by atoms with van der Waals surface area (Å²) in [5, 5.41) is 6.96. The molecule has 4 nitrogen and oxygen atoms in total. The first-order chi connectivity index (χ1) is 14.1.